The molecule has 2 aromatic rings. The first-order valence-corrected chi connectivity index (χ1v) is 5.50. The third-order valence-electron chi connectivity index (χ3n) is 2.36. The Bertz CT molecular complexity index is 561. The van der Waals surface area contributed by atoms with Gasteiger partial charge in [-0.15, -0.1) is 12.4 Å². The van der Waals surface area contributed by atoms with Crippen molar-refractivity contribution in [3.05, 3.63) is 42.5 Å². The van der Waals surface area contributed by atoms with E-state index in [0.717, 1.165) is 16.5 Å². The Balaban J connectivity index is 0.00000162. The van der Waals surface area contributed by atoms with Crippen LogP contribution in [-0.2, 0) is 9.53 Å². The highest BCUT2D eigenvalue weighted by molar-refractivity contribution is 6.24. The molecule has 0 spiro atoms. The molecule has 0 bridgehead atoms. The molecule has 0 saturated carbocycles. The van der Waals surface area contributed by atoms with Gasteiger partial charge >= 0.3 is 5.97 Å². The fourth-order valence-electron chi connectivity index (χ4n) is 1.62. The van der Waals surface area contributed by atoms with E-state index in [4.69, 9.17) is 4.74 Å². The molecule has 0 heterocycles. The Hall–Kier alpha value is -1.87. The van der Waals surface area contributed by atoms with E-state index >= 15 is 0 Å². The van der Waals surface area contributed by atoms with Crippen LogP contribution in [0.5, 0.6) is 0 Å². The summed E-state index contributed by atoms with van der Waals surface area (Å²) < 4.78 is 4.79. The normalized spacial score (nSPS) is 10.3. The number of rotatable bonds is 3. The predicted octanol–water partition coefficient (Wildman–Crippen LogP) is 3.53. The molecule has 0 aliphatic carbocycles. The van der Waals surface area contributed by atoms with E-state index in [2.05, 4.69) is 4.99 Å². The van der Waals surface area contributed by atoms with E-state index in [1.807, 2.05) is 42.5 Å². The molecule has 0 aliphatic heterocycles. The standard InChI is InChI=1S/C14H13NO2.ClH/c1-2-17-14(16)10-15-13-9-5-7-11-6-3-4-8-12(11)13;/h3-10H,2H2,1H3;1H. The zero-order chi connectivity index (χ0) is 12.1. The van der Waals surface area contributed by atoms with Gasteiger partial charge in [-0.1, -0.05) is 36.4 Å². The van der Waals surface area contributed by atoms with Gasteiger partial charge < -0.3 is 4.74 Å². The van der Waals surface area contributed by atoms with Crippen molar-refractivity contribution < 1.29 is 9.53 Å². The van der Waals surface area contributed by atoms with Crippen LogP contribution in [0.15, 0.2) is 47.5 Å². The third-order valence-corrected chi connectivity index (χ3v) is 2.36. The molecular formula is C14H14ClNO2. The number of hydrogen-bond donors (Lipinski definition) is 0. The summed E-state index contributed by atoms with van der Waals surface area (Å²) in [5.41, 5.74) is 0.774. The lowest BCUT2D eigenvalue weighted by atomic mass is 10.1. The van der Waals surface area contributed by atoms with Crippen LogP contribution >= 0.6 is 12.4 Å². The van der Waals surface area contributed by atoms with Gasteiger partial charge in [0.15, 0.2) is 0 Å². The summed E-state index contributed by atoms with van der Waals surface area (Å²) in [6.45, 7) is 2.13. The number of fused-ring (bicyclic) bond motifs is 1. The van der Waals surface area contributed by atoms with Crippen LogP contribution in [-0.4, -0.2) is 18.8 Å². The van der Waals surface area contributed by atoms with Crippen LogP contribution in [0.25, 0.3) is 10.8 Å². The lowest BCUT2D eigenvalue weighted by Gasteiger charge is -2.00. The molecule has 0 saturated heterocycles. The molecule has 0 fully saturated rings. The highest BCUT2D eigenvalue weighted by atomic mass is 35.5. The summed E-state index contributed by atoms with van der Waals surface area (Å²) in [5, 5.41) is 2.13. The highest BCUT2D eigenvalue weighted by Gasteiger charge is 1.99. The smallest absolute Gasteiger partial charge is 0.349 e. The van der Waals surface area contributed by atoms with E-state index in [0.29, 0.717) is 6.61 Å². The molecule has 94 valence electrons. The maximum Gasteiger partial charge on any atom is 0.349 e. The number of ether oxygens (including phenoxy) is 1. The quantitative estimate of drug-likeness (QED) is 0.628. The highest BCUT2D eigenvalue weighted by Crippen LogP contribution is 2.24. The number of aliphatic imine (C=N–C) groups is 1. The van der Waals surface area contributed by atoms with Crippen molar-refractivity contribution in [3.8, 4) is 0 Å². The van der Waals surface area contributed by atoms with Crippen LogP contribution in [0.1, 0.15) is 6.92 Å². The average molecular weight is 264 g/mol. The van der Waals surface area contributed by atoms with Crippen LogP contribution < -0.4 is 0 Å². The van der Waals surface area contributed by atoms with Crippen molar-refractivity contribution in [1.82, 2.24) is 0 Å². The largest absolute Gasteiger partial charge is 0.462 e. The summed E-state index contributed by atoms with van der Waals surface area (Å²) >= 11 is 0. The molecule has 2 rings (SSSR count). The first-order valence-electron chi connectivity index (χ1n) is 5.50. The van der Waals surface area contributed by atoms with E-state index in [9.17, 15) is 4.79 Å². The zero-order valence-corrected chi connectivity index (χ0v) is 10.8. The number of nitrogens with zero attached hydrogens (tertiary/aromatic N) is 1. The minimum atomic E-state index is -0.416. The Morgan fingerprint density at radius 3 is 2.72 bits per heavy atom. The second-order valence-corrected chi connectivity index (χ2v) is 3.51. The average Bonchev–Trinajstić information content (AvgIpc) is 2.36. The van der Waals surface area contributed by atoms with Crippen molar-refractivity contribution in [2.75, 3.05) is 6.61 Å². The Kier molecular flexibility index (Phi) is 5.33. The molecule has 0 amide bonds. The predicted molar refractivity (Wildman–Crippen MR) is 76.0 cm³/mol. The summed E-state index contributed by atoms with van der Waals surface area (Å²) in [6.07, 6.45) is 1.21. The molecule has 0 N–H and O–H groups in total. The molecule has 4 heteroatoms. The number of benzene rings is 2. The monoisotopic (exact) mass is 263 g/mol. The van der Waals surface area contributed by atoms with Crippen molar-refractivity contribution in [2.24, 2.45) is 4.99 Å². The fourth-order valence-corrected chi connectivity index (χ4v) is 1.62. The molecule has 0 atom stereocenters. The van der Waals surface area contributed by atoms with Crippen molar-refractivity contribution in [2.45, 2.75) is 6.92 Å². The van der Waals surface area contributed by atoms with Crippen LogP contribution in [0, 0.1) is 0 Å². The molecule has 0 radical (unpaired) electrons. The SMILES string of the molecule is CCOC(=O)C=Nc1cccc2ccccc12.Cl. The van der Waals surface area contributed by atoms with Crippen LogP contribution in [0.4, 0.5) is 5.69 Å². The minimum absolute atomic E-state index is 0. The number of hydrogen-bond acceptors (Lipinski definition) is 3. The Morgan fingerprint density at radius 1 is 1.22 bits per heavy atom. The number of carbonyl (C=O) groups is 1. The van der Waals surface area contributed by atoms with Crippen LogP contribution in [0.3, 0.4) is 0 Å². The van der Waals surface area contributed by atoms with Gasteiger partial charge in [0.25, 0.3) is 0 Å². The summed E-state index contributed by atoms with van der Waals surface area (Å²) in [4.78, 5) is 15.3. The van der Waals surface area contributed by atoms with Crippen molar-refractivity contribution >= 4 is 41.1 Å². The third kappa shape index (κ3) is 3.31. The van der Waals surface area contributed by atoms with E-state index in [1.165, 1.54) is 6.21 Å². The zero-order valence-electron chi connectivity index (χ0n) is 10.00. The van der Waals surface area contributed by atoms with Gasteiger partial charge in [0.2, 0.25) is 0 Å². The number of carbonyl (C=O) groups excluding carboxylic acids is 1. The molecule has 0 aliphatic rings. The van der Waals surface area contributed by atoms with Crippen LogP contribution in [0.2, 0.25) is 0 Å². The van der Waals surface area contributed by atoms with Gasteiger partial charge in [-0.25, -0.2) is 9.79 Å². The van der Waals surface area contributed by atoms with Gasteiger partial charge in [-0.2, -0.15) is 0 Å². The topological polar surface area (TPSA) is 38.7 Å². The van der Waals surface area contributed by atoms with Gasteiger partial charge in [-0.05, 0) is 18.4 Å². The summed E-state index contributed by atoms with van der Waals surface area (Å²) in [5.74, 6) is -0.416. The number of halogens is 1. The number of esters is 1. The van der Waals surface area contributed by atoms with Gasteiger partial charge in [-0.3, -0.25) is 0 Å². The maximum atomic E-state index is 11.2. The Morgan fingerprint density at radius 2 is 1.94 bits per heavy atom. The molecular weight excluding hydrogens is 250 g/mol. The lowest BCUT2D eigenvalue weighted by Crippen LogP contribution is -2.04. The second kappa shape index (κ2) is 6.77. The lowest BCUT2D eigenvalue weighted by molar-refractivity contribution is -0.134. The summed E-state index contributed by atoms with van der Waals surface area (Å²) in [6, 6.07) is 13.7. The molecule has 0 aromatic heterocycles. The molecule has 2 aromatic carbocycles. The first-order chi connectivity index (χ1) is 8.31. The molecule has 0 unspecified atom stereocenters. The van der Waals surface area contributed by atoms with Crippen molar-refractivity contribution in [3.63, 3.8) is 0 Å². The van der Waals surface area contributed by atoms with E-state index in [1.54, 1.807) is 6.92 Å². The van der Waals surface area contributed by atoms with Crippen molar-refractivity contribution in [1.29, 1.82) is 0 Å². The van der Waals surface area contributed by atoms with Gasteiger partial charge in [0, 0.05) is 5.39 Å². The van der Waals surface area contributed by atoms with E-state index < -0.39 is 5.97 Å². The van der Waals surface area contributed by atoms with Gasteiger partial charge in [0.05, 0.1) is 12.3 Å². The fraction of sp³-hybridized carbons (Fsp3) is 0.143. The maximum absolute atomic E-state index is 11.2. The molecule has 18 heavy (non-hydrogen) atoms. The van der Waals surface area contributed by atoms with Gasteiger partial charge in [0.1, 0.15) is 6.21 Å². The van der Waals surface area contributed by atoms with E-state index in [-0.39, 0.29) is 12.4 Å². The molecule has 3 nitrogen and oxygen atoms in total. The Labute approximate surface area is 112 Å². The first kappa shape index (κ1) is 14.2. The minimum Gasteiger partial charge on any atom is -0.462 e. The second-order valence-electron chi connectivity index (χ2n) is 3.51. The summed E-state index contributed by atoms with van der Waals surface area (Å²) in [7, 11) is 0.